The first-order valence-electron chi connectivity index (χ1n) is 5.22. The van der Waals surface area contributed by atoms with E-state index in [1.807, 2.05) is 0 Å². The highest BCUT2D eigenvalue weighted by atomic mass is 35.5. The van der Waals surface area contributed by atoms with Gasteiger partial charge < -0.3 is 5.32 Å². The predicted octanol–water partition coefficient (Wildman–Crippen LogP) is 3.50. The molecule has 2 aromatic rings. The third-order valence-electron chi connectivity index (χ3n) is 2.31. The maximum Gasteiger partial charge on any atom is 0.0299 e. The smallest absolute Gasteiger partial charge is 0.0299 e. The molecule has 1 N–H and O–H groups in total. The van der Waals surface area contributed by atoms with E-state index in [-0.39, 0.29) is 12.4 Å². The largest absolute Gasteiger partial charge is 0.312 e. The van der Waals surface area contributed by atoms with Crippen molar-refractivity contribution in [3.63, 3.8) is 0 Å². The van der Waals surface area contributed by atoms with Gasteiger partial charge in [-0.25, -0.2) is 0 Å². The molecule has 0 fully saturated rings. The number of hydrogen-bond acceptors (Lipinski definition) is 2. The molecule has 1 aromatic carbocycles. The Kier molecular flexibility index (Phi) is 6.16. The number of hydrogen-bond donors (Lipinski definition) is 1. The zero-order valence-corrected chi connectivity index (χ0v) is 10.7. The minimum Gasteiger partial charge on any atom is -0.312 e. The molecular weight excluding hydrogens is 238 g/mol. The second-order valence-electron chi connectivity index (χ2n) is 3.49. The van der Waals surface area contributed by atoms with Crippen molar-refractivity contribution in [1.82, 2.24) is 5.32 Å². The summed E-state index contributed by atoms with van der Waals surface area (Å²) in [6, 6.07) is 14.9. The third kappa shape index (κ3) is 4.35. The van der Waals surface area contributed by atoms with Crippen molar-refractivity contribution in [2.24, 2.45) is 0 Å². The maximum absolute atomic E-state index is 3.45. The summed E-state index contributed by atoms with van der Waals surface area (Å²) in [6.07, 6.45) is 1.10. The van der Waals surface area contributed by atoms with Gasteiger partial charge in [0.15, 0.2) is 0 Å². The zero-order valence-electron chi connectivity index (χ0n) is 9.06. The number of nitrogens with one attached hydrogen (secondary N) is 1. The van der Waals surface area contributed by atoms with Gasteiger partial charge in [0.25, 0.3) is 0 Å². The fraction of sp³-hybridized carbons (Fsp3) is 0.231. The molecule has 3 heteroatoms. The van der Waals surface area contributed by atoms with Crippen LogP contribution in [0.25, 0.3) is 0 Å². The Morgan fingerprint density at radius 3 is 2.50 bits per heavy atom. The van der Waals surface area contributed by atoms with Crippen molar-refractivity contribution in [1.29, 1.82) is 0 Å². The molecule has 0 bridgehead atoms. The van der Waals surface area contributed by atoms with Crippen molar-refractivity contribution >= 4 is 23.7 Å². The monoisotopic (exact) mass is 253 g/mol. The molecule has 0 aliphatic heterocycles. The fourth-order valence-electron chi connectivity index (χ4n) is 1.50. The average Bonchev–Trinajstić information content (AvgIpc) is 2.79. The van der Waals surface area contributed by atoms with Crippen molar-refractivity contribution in [2.75, 3.05) is 6.54 Å². The Balaban J connectivity index is 0.00000128. The van der Waals surface area contributed by atoms with E-state index in [9.17, 15) is 0 Å². The lowest BCUT2D eigenvalue weighted by Crippen LogP contribution is -2.15. The highest BCUT2D eigenvalue weighted by molar-refractivity contribution is 7.09. The highest BCUT2D eigenvalue weighted by Gasteiger charge is 1.93. The molecule has 0 unspecified atom stereocenters. The van der Waals surface area contributed by atoms with Crippen LogP contribution in [0.3, 0.4) is 0 Å². The van der Waals surface area contributed by atoms with E-state index in [4.69, 9.17) is 0 Å². The lowest BCUT2D eigenvalue weighted by atomic mass is 10.1. The molecule has 2 rings (SSSR count). The first-order chi connectivity index (χ1) is 7.45. The minimum atomic E-state index is 0. The van der Waals surface area contributed by atoms with E-state index in [0.717, 1.165) is 19.5 Å². The molecule has 0 amide bonds. The van der Waals surface area contributed by atoms with Gasteiger partial charge in [-0.1, -0.05) is 36.4 Å². The maximum atomic E-state index is 3.45. The topological polar surface area (TPSA) is 12.0 Å². The van der Waals surface area contributed by atoms with Gasteiger partial charge in [-0.15, -0.1) is 23.7 Å². The third-order valence-corrected chi connectivity index (χ3v) is 3.19. The Hall–Kier alpha value is -0.830. The molecular formula is C13H16ClNS. The average molecular weight is 254 g/mol. The second-order valence-corrected chi connectivity index (χ2v) is 4.52. The van der Waals surface area contributed by atoms with Gasteiger partial charge in [0.05, 0.1) is 0 Å². The van der Waals surface area contributed by atoms with Crippen LogP contribution in [0.1, 0.15) is 10.4 Å². The van der Waals surface area contributed by atoms with Crippen molar-refractivity contribution in [3.8, 4) is 0 Å². The summed E-state index contributed by atoms with van der Waals surface area (Å²) >= 11 is 1.81. The van der Waals surface area contributed by atoms with Crippen LogP contribution in [-0.2, 0) is 13.0 Å². The lowest BCUT2D eigenvalue weighted by molar-refractivity contribution is 0.693. The Bertz CT molecular complexity index is 372. The number of rotatable bonds is 5. The molecule has 1 heterocycles. The van der Waals surface area contributed by atoms with Crippen LogP contribution in [0.4, 0.5) is 0 Å². The normalized spacial score (nSPS) is 9.75. The summed E-state index contributed by atoms with van der Waals surface area (Å²) in [4.78, 5) is 1.41. The van der Waals surface area contributed by atoms with E-state index >= 15 is 0 Å². The van der Waals surface area contributed by atoms with Gasteiger partial charge in [0.1, 0.15) is 0 Å². The van der Waals surface area contributed by atoms with Crippen molar-refractivity contribution < 1.29 is 0 Å². The lowest BCUT2D eigenvalue weighted by Gasteiger charge is -2.02. The van der Waals surface area contributed by atoms with Gasteiger partial charge in [-0.3, -0.25) is 0 Å². The molecule has 0 radical (unpaired) electrons. The van der Waals surface area contributed by atoms with Gasteiger partial charge >= 0.3 is 0 Å². The van der Waals surface area contributed by atoms with E-state index < -0.39 is 0 Å². The summed E-state index contributed by atoms with van der Waals surface area (Å²) in [6.45, 7) is 2.03. The standard InChI is InChI=1S/C13H15NS.ClH/c1-2-5-12(6-3-1)8-9-14-11-13-7-4-10-15-13;/h1-7,10,14H,8-9,11H2;1H. The van der Waals surface area contributed by atoms with E-state index in [2.05, 4.69) is 53.2 Å². The molecule has 1 nitrogen and oxygen atoms in total. The molecule has 0 saturated heterocycles. The Labute approximate surface area is 107 Å². The molecule has 0 spiro atoms. The highest BCUT2D eigenvalue weighted by Crippen LogP contribution is 2.07. The molecule has 0 aliphatic carbocycles. The molecule has 16 heavy (non-hydrogen) atoms. The van der Waals surface area contributed by atoms with Crippen LogP contribution in [0, 0.1) is 0 Å². The van der Waals surface area contributed by atoms with E-state index in [1.165, 1.54) is 10.4 Å². The van der Waals surface area contributed by atoms with Crippen LogP contribution < -0.4 is 5.32 Å². The number of benzene rings is 1. The second kappa shape index (κ2) is 7.44. The number of thiophene rings is 1. The van der Waals surface area contributed by atoms with Crippen molar-refractivity contribution in [2.45, 2.75) is 13.0 Å². The Morgan fingerprint density at radius 2 is 1.81 bits per heavy atom. The van der Waals surface area contributed by atoms with Gasteiger partial charge in [-0.2, -0.15) is 0 Å². The van der Waals surface area contributed by atoms with Crippen LogP contribution in [0.5, 0.6) is 0 Å². The molecule has 1 aromatic heterocycles. The van der Waals surface area contributed by atoms with Crippen LogP contribution >= 0.6 is 23.7 Å². The van der Waals surface area contributed by atoms with Crippen LogP contribution in [-0.4, -0.2) is 6.54 Å². The SMILES string of the molecule is Cl.c1ccc(CCNCc2cccs2)cc1. The molecule has 0 aliphatic rings. The molecule has 0 saturated carbocycles. The molecule has 0 atom stereocenters. The zero-order chi connectivity index (χ0) is 10.3. The molecule has 86 valence electrons. The van der Waals surface area contributed by atoms with Gasteiger partial charge in [-0.05, 0) is 30.0 Å². The van der Waals surface area contributed by atoms with Crippen LogP contribution in [0.15, 0.2) is 47.8 Å². The van der Waals surface area contributed by atoms with Gasteiger partial charge in [0, 0.05) is 11.4 Å². The first kappa shape index (κ1) is 13.2. The Morgan fingerprint density at radius 1 is 1.00 bits per heavy atom. The first-order valence-corrected chi connectivity index (χ1v) is 6.10. The predicted molar refractivity (Wildman–Crippen MR) is 73.4 cm³/mol. The fourth-order valence-corrected chi connectivity index (χ4v) is 2.18. The summed E-state index contributed by atoms with van der Waals surface area (Å²) in [7, 11) is 0. The summed E-state index contributed by atoms with van der Waals surface area (Å²) in [5.74, 6) is 0. The van der Waals surface area contributed by atoms with Crippen LogP contribution in [0.2, 0.25) is 0 Å². The van der Waals surface area contributed by atoms with E-state index in [1.54, 1.807) is 11.3 Å². The van der Waals surface area contributed by atoms with Crippen molar-refractivity contribution in [3.05, 3.63) is 58.3 Å². The van der Waals surface area contributed by atoms with Gasteiger partial charge in [0.2, 0.25) is 0 Å². The summed E-state index contributed by atoms with van der Waals surface area (Å²) < 4.78 is 0. The number of halogens is 1. The summed E-state index contributed by atoms with van der Waals surface area (Å²) in [5.41, 5.74) is 1.40. The minimum absolute atomic E-state index is 0. The van der Waals surface area contributed by atoms with E-state index in [0.29, 0.717) is 0 Å². The summed E-state index contributed by atoms with van der Waals surface area (Å²) in [5, 5.41) is 5.57. The quantitative estimate of drug-likeness (QED) is 0.805.